The Labute approximate surface area is 173 Å². The van der Waals surface area contributed by atoms with Gasteiger partial charge in [-0.25, -0.2) is 9.97 Å². The van der Waals surface area contributed by atoms with Crippen LogP contribution in [0, 0.1) is 0 Å². The van der Waals surface area contributed by atoms with Crippen molar-refractivity contribution in [2.75, 3.05) is 36.0 Å². The maximum absolute atomic E-state index is 13.1. The summed E-state index contributed by atoms with van der Waals surface area (Å²) in [5.41, 5.74) is 13.4. The predicted molar refractivity (Wildman–Crippen MR) is 112 cm³/mol. The van der Waals surface area contributed by atoms with Crippen molar-refractivity contribution >= 4 is 17.2 Å². The van der Waals surface area contributed by atoms with Gasteiger partial charge in [0.05, 0.1) is 11.1 Å². The van der Waals surface area contributed by atoms with E-state index in [0.717, 1.165) is 80.9 Å². The lowest BCUT2D eigenvalue weighted by Crippen LogP contribution is -2.33. The minimum absolute atomic E-state index is 0.0601. The van der Waals surface area contributed by atoms with Crippen LogP contribution in [0.15, 0.2) is 12.1 Å². The SMILES string of the molecule is CCCNC1CCN(c2nc(-c3c(N)cc(C(F)(F)F)cc3N)nc3c2CCC3)C1. The number of aryl methyl sites for hydroxylation is 1. The number of fused-ring (bicyclic) bond motifs is 1. The summed E-state index contributed by atoms with van der Waals surface area (Å²) in [6.07, 6.45) is 0.315. The van der Waals surface area contributed by atoms with Crippen LogP contribution in [0.4, 0.5) is 30.4 Å². The fourth-order valence-corrected chi connectivity index (χ4v) is 4.36. The van der Waals surface area contributed by atoms with Crippen LogP contribution >= 0.6 is 0 Å². The van der Waals surface area contributed by atoms with E-state index in [1.807, 2.05) is 0 Å². The van der Waals surface area contributed by atoms with Crippen molar-refractivity contribution in [1.82, 2.24) is 15.3 Å². The molecule has 1 aliphatic carbocycles. The van der Waals surface area contributed by atoms with Crippen LogP contribution in [-0.4, -0.2) is 35.6 Å². The number of hydrogen-bond donors (Lipinski definition) is 3. The number of benzene rings is 1. The molecule has 1 aromatic carbocycles. The topological polar surface area (TPSA) is 93.1 Å². The summed E-state index contributed by atoms with van der Waals surface area (Å²) in [5.74, 6) is 1.17. The second-order valence-electron chi connectivity index (χ2n) is 8.06. The molecule has 1 unspecified atom stereocenters. The second-order valence-corrected chi connectivity index (χ2v) is 8.06. The number of aromatic nitrogens is 2. The number of nitrogens with zero attached hydrogens (tertiary/aromatic N) is 3. The van der Waals surface area contributed by atoms with Crippen molar-refractivity contribution in [2.24, 2.45) is 0 Å². The van der Waals surface area contributed by atoms with Crippen molar-refractivity contribution in [3.8, 4) is 11.4 Å². The highest BCUT2D eigenvalue weighted by Gasteiger charge is 2.33. The average molecular weight is 420 g/mol. The van der Waals surface area contributed by atoms with Gasteiger partial charge in [-0.2, -0.15) is 13.2 Å². The minimum Gasteiger partial charge on any atom is -0.398 e. The van der Waals surface area contributed by atoms with Gasteiger partial charge >= 0.3 is 6.18 Å². The van der Waals surface area contributed by atoms with Gasteiger partial charge in [0.15, 0.2) is 5.82 Å². The second kappa shape index (κ2) is 7.94. The molecule has 2 aromatic rings. The Morgan fingerprint density at radius 3 is 2.57 bits per heavy atom. The number of nitrogens with two attached hydrogens (primary N) is 2. The smallest absolute Gasteiger partial charge is 0.398 e. The fraction of sp³-hybridized carbons (Fsp3) is 0.524. The van der Waals surface area contributed by atoms with Crippen LogP contribution < -0.4 is 21.7 Å². The van der Waals surface area contributed by atoms with E-state index in [2.05, 4.69) is 22.1 Å². The summed E-state index contributed by atoms with van der Waals surface area (Å²) in [4.78, 5) is 11.7. The monoisotopic (exact) mass is 420 g/mol. The lowest BCUT2D eigenvalue weighted by molar-refractivity contribution is -0.137. The van der Waals surface area contributed by atoms with Crippen LogP contribution in [0.1, 0.15) is 43.0 Å². The molecule has 1 atom stereocenters. The predicted octanol–water partition coefficient (Wildman–Crippen LogP) is 3.39. The molecule has 1 aromatic heterocycles. The van der Waals surface area contributed by atoms with Gasteiger partial charge in [0.2, 0.25) is 0 Å². The summed E-state index contributed by atoms with van der Waals surface area (Å²) in [6.45, 7) is 4.84. The van der Waals surface area contributed by atoms with E-state index in [9.17, 15) is 13.2 Å². The lowest BCUT2D eigenvalue weighted by atomic mass is 10.0. The highest BCUT2D eigenvalue weighted by molar-refractivity contribution is 5.84. The van der Waals surface area contributed by atoms with E-state index in [-0.39, 0.29) is 16.9 Å². The molecule has 0 amide bonds. The first-order valence-corrected chi connectivity index (χ1v) is 10.4. The fourth-order valence-electron chi connectivity index (χ4n) is 4.36. The molecule has 0 saturated carbocycles. The molecule has 6 nitrogen and oxygen atoms in total. The Bertz CT molecular complexity index is 920. The van der Waals surface area contributed by atoms with Crippen LogP contribution in [0.5, 0.6) is 0 Å². The van der Waals surface area contributed by atoms with Gasteiger partial charge in [0.1, 0.15) is 5.82 Å². The summed E-state index contributed by atoms with van der Waals surface area (Å²) >= 11 is 0. The highest BCUT2D eigenvalue weighted by Crippen LogP contribution is 2.40. The van der Waals surface area contributed by atoms with Crippen molar-refractivity contribution < 1.29 is 13.2 Å². The number of anilines is 3. The van der Waals surface area contributed by atoms with Gasteiger partial charge in [-0.1, -0.05) is 6.92 Å². The van der Waals surface area contributed by atoms with Crippen LogP contribution in [0.25, 0.3) is 11.4 Å². The number of nitrogens with one attached hydrogen (secondary N) is 1. The minimum atomic E-state index is -4.51. The molecule has 2 aliphatic rings. The Morgan fingerprint density at radius 2 is 1.90 bits per heavy atom. The summed E-state index contributed by atoms with van der Waals surface area (Å²) in [6, 6.07) is 2.21. The number of alkyl halides is 3. The molecular formula is C21H27F3N6. The van der Waals surface area contributed by atoms with Gasteiger partial charge in [0, 0.05) is 41.8 Å². The van der Waals surface area contributed by atoms with Gasteiger partial charge < -0.3 is 21.7 Å². The number of hydrogen-bond acceptors (Lipinski definition) is 6. The Kier molecular flexibility index (Phi) is 5.48. The molecule has 5 N–H and O–H groups in total. The van der Waals surface area contributed by atoms with E-state index in [4.69, 9.17) is 16.5 Å². The largest absolute Gasteiger partial charge is 0.416 e. The van der Waals surface area contributed by atoms with Gasteiger partial charge in [-0.15, -0.1) is 0 Å². The van der Waals surface area contributed by atoms with Gasteiger partial charge in [-0.3, -0.25) is 0 Å². The molecule has 1 fully saturated rings. The molecule has 4 rings (SSSR count). The van der Waals surface area contributed by atoms with Crippen molar-refractivity contribution in [3.63, 3.8) is 0 Å². The highest BCUT2D eigenvalue weighted by atomic mass is 19.4. The summed E-state index contributed by atoms with van der Waals surface area (Å²) < 4.78 is 39.3. The van der Waals surface area contributed by atoms with Crippen molar-refractivity contribution in [3.05, 3.63) is 29.0 Å². The lowest BCUT2D eigenvalue weighted by Gasteiger charge is -2.22. The molecular weight excluding hydrogens is 393 g/mol. The Balaban J connectivity index is 1.72. The summed E-state index contributed by atoms with van der Waals surface area (Å²) in [5, 5.41) is 3.55. The molecule has 162 valence electrons. The van der Waals surface area contributed by atoms with Crippen LogP contribution in [0.3, 0.4) is 0 Å². The Morgan fingerprint density at radius 1 is 1.17 bits per heavy atom. The molecule has 2 heterocycles. The van der Waals surface area contributed by atoms with E-state index < -0.39 is 11.7 Å². The van der Waals surface area contributed by atoms with Crippen LogP contribution in [-0.2, 0) is 19.0 Å². The van der Waals surface area contributed by atoms with E-state index in [0.29, 0.717) is 11.9 Å². The molecule has 9 heteroatoms. The molecule has 0 bridgehead atoms. The quantitative estimate of drug-likeness (QED) is 0.642. The third-order valence-corrected chi connectivity index (χ3v) is 5.83. The number of rotatable bonds is 5. The first-order chi connectivity index (χ1) is 14.3. The van der Waals surface area contributed by atoms with Crippen LogP contribution in [0.2, 0.25) is 0 Å². The zero-order valence-electron chi connectivity index (χ0n) is 17.0. The van der Waals surface area contributed by atoms with Crippen molar-refractivity contribution in [2.45, 2.75) is 51.2 Å². The zero-order valence-corrected chi connectivity index (χ0v) is 17.0. The third kappa shape index (κ3) is 3.90. The summed E-state index contributed by atoms with van der Waals surface area (Å²) in [7, 11) is 0. The maximum atomic E-state index is 13.1. The zero-order chi connectivity index (χ0) is 21.5. The standard InChI is InChI=1S/C21H27F3N6/c1-2-7-27-13-6-8-30(11-13)20-14-4-3-5-17(14)28-19(29-20)18-15(25)9-12(10-16(18)26)21(22,23)24/h9-10,13,27H,2-8,11,25-26H2,1H3. The maximum Gasteiger partial charge on any atom is 0.416 e. The van der Waals surface area contributed by atoms with Gasteiger partial charge in [-0.05, 0) is 50.8 Å². The first kappa shape index (κ1) is 20.7. The molecule has 0 spiro atoms. The van der Waals surface area contributed by atoms with E-state index in [1.165, 1.54) is 0 Å². The molecule has 1 aliphatic heterocycles. The molecule has 1 saturated heterocycles. The number of halogens is 3. The molecule has 0 radical (unpaired) electrons. The first-order valence-electron chi connectivity index (χ1n) is 10.4. The third-order valence-electron chi connectivity index (χ3n) is 5.83. The normalized spacial score (nSPS) is 18.8. The molecule has 30 heavy (non-hydrogen) atoms. The average Bonchev–Trinajstić information content (AvgIpc) is 3.33. The number of nitrogen functional groups attached to an aromatic ring is 2. The Hall–Kier alpha value is -2.55. The van der Waals surface area contributed by atoms with Crippen molar-refractivity contribution in [1.29, 1.82) is 0 Å². The van der Waals surface area contributed by atoms with E-state index in [1.54, 1.807) is 0 Å². The van der Waals surface area contributed by atoms with Gasteiger partial charge in [0.25, 0.3) is 0 Å². The van der Waals surface area contributed by atoms with E-state index >= 15 is 0 Å².